The Morgan fingerprint density at radius 2 is 2.00 bits per heavy atom. The predicted octanol–water partition coefficient (Wildman–Crippen LogP) is 1.96. The lowest BCUT2D eigenvalue weighted by atomic mass is 9.93. The Bertz CT molecular complexity index is 512. The molecule has 0 saturated heterocycles. The Morgan fingerprint density at radius 1 is 1.35 bits per heavy atom. The standard InChI is InChI=1S/C17H25NO5/c1-12(4-3-5-13(2)17(21)18-22)16(20)14-6-8-15(9-7-14)23-11-10-19/h5-9,12,16,19-20,22H,3-4,10-11H2,1-2H3,(H,18,21)/b13-5+/t12-,16+/m1/s1. The molecule has 128 valence electrons. The van der Waals surface area contributed by atoms with Gasteiger partial charge >= 0.3 is 0 Å². The van der Waals surface area contributed by atoms with Crippen molar-refractivity contribution in [2.24, 2.45) is 5.92 Å². The van der Waals surface area contributed by atoms with E-state index < -0.39 is 12.0 Å². The van der Waals surface area contributed by atoms with Crippen LogP contribution in [0.5, 0.6) is 5.75 Å². The Kier molecular flexibility index (Phi) is 8.32. The lowest BCUT2D eigenvalue weighted by molar-refractivity contribution is -0.125. The molecule has 1 aromatic rings. The smallest absolute Gasteiger partial charge is 0.269 e. The summed E-state index contributed by atoms with van der Waals surface area (Å²) in [4.78, 5) is 11.1. The van der Waals surface area contributed by atoms with Crippen LogP contribution in [0, 0.1) is 5.92 Å². The highest BCUT2D eigenvalue weighted by atomic mass is 16.5. The van der Waals surface area contributed by atoms with Crippen molar-refractivity contribution >= 4 is 5.91 Å². The summed E-state index contributed by atoms with van der Waals surface area (Å²) >= 11 is 0. The third kappa shape index (κ3) is 6.40. The molecule has 0 aliphatic heterocycles. The number of nitrogens with one attached hydrogen (secondary N) is 1. The highest BCUT2D eigenvalue weighted by Gasteiger charge is 2.16. The fraction of sp³-hybridized carbons (Fsp3) is 0.471. The van der Waals surface area contributed by atoms with Crippen LogP contribution in [0.2, 0.25) is 0 Å². The Hall–Kier alpha value is -1.89. The molecule has 1 aromatic carbocycles. The van der Waals surface area contributed by atoms with Crippen LogP contribution in [0.3, 0.4) is 0 Å². The molecule has 0 spiro atoms. The molecule has 0 radical (unpaired) electrons. The number of benzene rings is 1. The molecule has 0 aliphatic carbocycles. The van der Waals surface area contributed by atoms with E-state index in [4.69, 9.17) is 15.1 Å². The lowest BCUT2D eigenvalue weighted by Gasteiger charge is -2.19. The van der Waals surface area contributed by atoms with Crippen LogP contribution in [-0.2, 0) is 4.79 Å². The lowest BCUT2D eigenvalue weighted by Crippen LogP contribution is -2.19. The third-order valence-electron chi connectivity index (χ3n) is 3.65. The van der Waals surface area contributed by atoms with Crippen LogP contribution in [0.25, 0.3) is 0 Å². The monoisotopic (exact) mass is 323 g/mol. The zero-order valence-corrected chi connectivity index (χ0v) is 13.5. The molecule has 0 bridgehead atoms. The minimum absolute atomic E-state index is 0.0143. The maximum atomic E-state index is 11.1. The maximum Gasteiger partial charge on any atom is 0.269 e. The van der Waals surface area contributed by atoms with Gasteiger partial charge in [-0.25, -0.2) is 5.48 Å². The normalized spacial score (nSPS) is 14.2. The molecule has 6 nitrogen and oxygen atoms in total. The van der Waals surface area contributed by atoms with Gasteiger partial charge in [0.1, 0.15) is 12.4 Å². The first-order chi connectivity index (χ1) is 11.0. The quantitative estimate of drug-likeness (QED) is 0.316. The highest BCUT2D eigenvalue weighted by Crippen LogP contribution is 2.27. The van der Waals surface area contributed by atoms with Gasteiger partial charge in [-0.3, -0.25) is 10.0 Å². The van der Waals surface area contributed by atoms with Gasteiger partial charge in [0, 0.05) is 5.57 Å². The van der Waals surface area contributed by atoms with Crippen molar-refractivity contribution in [1.29, 1.82) is 0 Å². The summed E-state index contributed by atoms with van der Waals surface area (Å²) in [7, 11) is 0. The molecule has 0 heterocycles. The number of aliphatic hydroxyl groups excluding tert-OH is 2. The molecule has 0 fully saturated rings. The van der Waals surface area contributed by atoms with Crippen LogP contribution in [0.15, 0.2) is 35.9 Å². The van der Waals surface area contributed by atoms with Gasteiger partial charge in [-0.05, 0) is 43.4 Å². The second-order valence-corrected chi connectivity index (χ2v) is 5.47. The first-order valence-electron chi connectivity index (χ1n) is 7.62. The van der Waals surface area contributed by atoms with Crippen molar-refractivity contribution in [2.75, 3.05) is 13.2 Å². The van der Waals surface area contributed by atoms with E-state index in [0.29, 0.717) is 24.2 Å². The number of hydrogen-bond acceptors (Lipinski definition) is 5. The van der Waals surface area contributed by atoms with Crippen molar-refractivity contribution in [3.05, 3.63) is 41.5 Å². The number of rotatable bonds is 9. The average Bonchev–Trinajstić information content (AvgIpc) is 2.58. The molecular weight excluding hydrogens is 298 g/mol. The van der Waals surface area contributed by atoms with E-state index in [0.717, 1.165) is 5.56 Å². The molecule has 0 saturated carbocycles. The van der Waals surface area contributed by atoms with Crippen LogP contribution in [0.4, 0.5) is 0 Å². The van der Waals surface area contributed by atoms with E-state index >= 15 is 0 Å². The number of carbonyl (C=O) groups is 1. The number of amides is 1. The predicted molar refractivity (Wildman–Crippen MR) is 86.1 cm³/mol. The minimum atomic E-state index is -0.609. The van der Waals surface area contributed by atoms with Crippen LogP contribution >= 0.6 is 0 Å². The third-order valence-corrected chi connectivity index (χ3v) is 3.65. The number of aliphatic hydroxyl groups is 2. The van der Waals surface area contributed by atoms with E-state index in [9.17, 15) is 9.90 Å². The molecule has 6 heteroatoms. The van der Waals surface area contributed by atoms with Crippen molar-refractivity contribution in [1.82, 2.24) is 5.48 Å². The summed E-state index contributed by atoms with van der Waals surface area (Å²) in [5.41, 5.74) is 2.83. The number of carbonyl (C=O) groups excluding carboxylic acids is 1. The van der Waals surface area contributed by atoms with E-state index in [-0.39, 0.29) is 19.1 Å². The first-order valence-corrected chi connectivity index (χ1v) is 7.62. The molecule has 0 aromatic heterocycles. The summed E-state index contributed by atoms with van der Waals surface area (Å²) in [6.07, 6.45) is 2.47. The van der Waals surface area contributed by atoms with Crippen LogP contribution in [0.1, 0.15) is 38.4 Å². The van der Waals surface area contributed by atoms with E-state index in [1.807, 2.05) is 6.92 Å². The summed E-state index contributed by atoms with van der Waals surface area (Å²) in [6, 6.07) is 7.12. The Balaban J connectivity index is 2.52. The second kappa shape index (κ2) is 9.99. The summed E-state index contributed by atoms with van der Waals surface area (Å²) < 4.78 is 5.28. The molecule has 1 rings (SSSR count). The molecule has 23 heavy (non-hydrogen) atoms. The molecular formula is C17H25NO5. The van der Waals surface area contributed by atoms with Crippen molar-refractivity contribution in [3.8, 4) is 5.75 Å². The SMILES string of the molecule is C/C(=C\CC[C@@H](C)[C@H](O)c1ccc(OCCO)cc1)C(=O)NO. The number of hydroxylamine groups is 1. The van der Waals surface area contributed by atoms with E-state index in [2.05, 4.69) is 0 Å². The van der Waals surface area contributed by atoms with Crippen molar-refractivity contribution < 1.29 is 25.0 Å². The van der Waals surface area contributed by atoms with Gasteiger partial charge in [0.15, 0.2) is 0 Å². The average molecular weight is 323 g/mol. The largest absolute Gasteiger partial charge is 0.491 e. The zero-order chi connectivity index (χ0) is 17.2. The second-order valence-electron chi connectivity index (χ2n) is 5.47. The highest BCUT2D eigenvalue weighted by molar-refractivity contribution is 5.91. The van der Waals surface area contributed by atoms with Gasteiger partial charge in [-0.1, -0.05) is 25.1 Å². The minimum Gasteiger partial charge on any atom is -0.491 e. The number of ether oxygens (including phenoxy) is 1. The number of allylic oxidation sites excluding steroid dienone is 1. The maximum absolute atomic E-state index is 11.1. The van der Waals surface area contributed by atoms with Gasteiger partial charge < -0.3 is 14.9 Å². The molecule has 0 aliphatic rings. The Labute approximate surface area is 136 Å². The fourth-order valence-electron chi connectivity index (χ4n) is 2.15. The molecule has 2 atom stereocenters. The van der Waals surface area contributed by atoms with Crippen molar-refractivity contribution in [2.45, 2.75) is 32.8 Å². The topological polar surface area (TPSA) is 99.0 Å². The van der Waals surface area contributed by atoms with Gasteiger partial charge in [-0.15, -0.1) is 0 Å². The van der Waals surface area contributed by atoms with E-state index in [1.165, 1.54) is 0 Å². The Morgan fingerprint density at radius 3 is 2.57 bits per heavy atom. The summed E-state index contributed by atoms with van der Waals surface area (Å²) in [6.45, 7) is 3.77. The van der Waals surface area contributed by atoms with E-state index in [1.54, 1.807) is 42.7 Å². The summed E-state index contributed by atoms with van der Waals surface area (Å²) in [5.74, 6) is 0.147. The summed E-state index contributed by atoms with van der Waals surface area (Å²) in [5, 5.41) is 27.6. The van der Waals surface area contributed by atoms with Crippen molar-refractivity contribution in [3.63, 3.8) is 0 Å². The molecule has 1 amide bonds. The molecule has 0 unspecified atom stereocenters. The molecule has 4 N–H and O–H groups in total. The van der Waals surface area contributed by atoms with Gasteiger partial charge in [0.05, 0.1) is 12.7 Å². The van der Waals surface area contributed by atoms with Gasteiger partial charge in [-0.2, -0.15) is 0 Å². The van der Waals surface area contributed by atoms with Gasteiger partial charge in [0.25, 0.3) is 5.91 Å². The van der Waals surface area contributed by atoms with Gasteiger partial charge in [0.2, 0.25) is 0 Å². The first kappa shape index (κ1) is 19.2. The number of hydrogen-bond donors (Lipinski definition) is 4. The zero-order valence-electron chi connectivity index (χ0n) is 13.5. The van der Waals surface area contributed by atoms with Crippen LogP contribution < -0.4 is 10.2 Å². The van der Waals surface area contributed by atoms with Crippen LogP contribution in [-0.4, -0.2) is 34.5 Å². The fourth-order valence-corrected chi connectivity index (χ4v) is 2.15.